The molecule has 0 aliphatic carbocycles. The Morgan fingerprint density at radius 2 is 1.80 bits per heavy atom. The molecular formula is C15H15N5O4S. The number of thiazole rings is 1. The molecule has 0 spiro atoms. The summed E-state index contributed by atoms with van der Waals surface area (Å²) in [5, 5.41) is 4.70. The number of carbonyl (C=O) groups excluding carboxylic acids is 1. The highest BCUT2D eigenvalue weighted by molar-refractivity contribution is 7.13. The van der Waals surface area contributed by atoms with Crippen molar-refractivity contribution in [1.29, 1.82) is 0 Å². The largest absolute Gasteiger partial charge is 0.332 e. The number of anilines is 1. The Labute approximate surface area is 144 Å². The molecule has 0 aliphatic heterocycles. The summed E-state index contributed by atoms with van der Waals surface area (Å²) in [6.07, 6.45) is 0. The number of nitrogens with one attached hydrogen (secondary N) is 1. The minimum atomic E-state index is -0.644. The Morgan fingerprint density at radius 1 is 1.12 bits per heavy atom. The Balaban J connectivity index is 2.34. The SMILES string of the molecule is Cc1csc(NC(=O)c2cc(=O)n(C)c3c2c(=O)n(C)c(=O)n3C)n1. The zero-order chi connectivity index (χ0) is 18.5. The summed E-state index contributed by atoms with van der Waals surface area (Å²) in [5.74, 6) is -0.632. The quantitative estimate of drug-likeness (QED) is 0.689. The van der Waals surface area contributed by atoms with Gasteiger partial charge in [-0.15, -0.1) is 11.3 Å². The first kappa shape index (κ1) is 16.8. The number of amides is 1. The Hall–Kier alpha value is -3.01. The minimum Gasteiger partial charge on any atom is -0.298 e. The number of hydrogen-bond acceptors (Lipinski definition) is 6. The van der Waals surface area contributed by atoms with Gasteiger partial charge in [0.2, 0.25) is 0 Å². The zero-order valence-corrected chi connectivity index (χ0v) is 14.8. The molecule has 1 amide bonds. The van der Waals surface area contributed by atoms with E-state index in [0.29, 0.717) is 5.13 Å². The van der Waals surface area contributed by atoms with Gasteiger partial charge in [0.25, 0.3) is 17.0 Å². The molecule has 1 N–H and O–H groups in total. The third-order valence-corrected chi connectivity index (χ3v) is 4.78. The zero-order valence-electron chi connectivity index (χ0n) is 14.0. The van der Waals surface area contributed by atoms with Crippen molar-refractivity contribution in [2.24, 2.45) is 21.1 Å². The number of fused-ring (bicyclic) bond motifs is 1. The molecule has 0 bridgehead atoms. The number of aryl methyl sites for hydroxylation is 3. The van der Waals surface area contributed by atoms with Crippen LogP contribution >= 0.6 is 11.3 Å². The molecule has 25 heavy (non-hydrogen) atoms. The van der Waals surface area contributed by atoms with E-state index in [9.17, 15) is 19.2 Å². The summed E-state index contributed by atoms with van der Waals surface area (Å²) in [7, 11) is 4.20. The topological polar surface area (TPSA) is 108 Å². The molecule has 0 fully saturated rings. The van der Waals surface area contributed by atoms with Gasteiger partial charge >= 0.3 is 5.69 Å². The second-order valence-electron chi connectivity index (χ2n) is 5.61. The lowest BCUT2D eigenvalue weighted by atomic mass is 10.1. The molecule has 0 saturated heterocycles. The summed E-state index contributed by atoms with van der Waals surface area (Å²) >= 11 is 1.23. The highest BCUT2D eigenvalue weighted by Crippen LogP contribution is 2.17. The van der Waals surface area contributed by atoms with E-state index < -0.39 is 22.7 Å². The average Bonchev–Trinajstić information content (AvgIpc) is 2.97. The molecule has 0 aromatic carbocycles. The molecule has 0 atom stereocenters. The second-order valence-corrected chi connectivity index (χ2v) is 6.47. The lowest BCUT2D eigenvalue weighted by molar-refractivity contribution is 0.102. The van der Waals surface area contributed by atoms with E-state index in [1.54, 1.807) is 12.3 Å². The van der Waals surface area contributed by atoms with Gasteiger partial charge in [-0.1, -0.05) is 0 Å². The number of nitrogens with zero attached hydrogens (tertiary/aromatic N) is 4. The van der Waals surface area contributed by atoms with Gasteiger partial charge in [0.1, 0.15) is 5.65 Å². The van der Waals surface area contributed by atoms with E-state index in [2.05, 4.69) is 10.3 Å². The predicted octanol–water partition coefficient (Wildman–Crippen LogP) is -0.0469. The molecule has 3 aromatic rings. The van der Waals surface area contributed by atoms with Gasteiger partial charge < -0.3 is 0 Å². The first-order valence-corrected chi connectivity index (χ1v) is 8.13. The molecular weight excluding hydrogens is 346 g/mol. The summed E-state index contributed by atoms with van der Waals surface area (Å²) in [5.41, 5.74) is -0.998. The first-order chi connectivity index (χ1) is 11.7. The Kier molecular flexibility index (Phi) is 3.91. The molecule has 3 aromatic heterocycles. The van der Waals surface area contributed by atoms with Crippen molar-refractivity contribution in [3.8, 4) is 0 Å². The van der Waals surface area contributed by atoms with Crippen LogP contribution < -0.4 is 22.1 Å². The van der Waals surface area contributed by atoms with Gasteiger partial charge in [-0.2, -0.15) is 0 Å². The fraction of sp³-hybridized carbons (Fsp3) is 0.267. The first-order valence-electron chi connectivity index (χ1n) is 7.25. The standard InChI is InChI=1S/C15H15N5O4S/c1-7-6-25-14(16-7)17-11(22)8-5-9(21)18(2)12-10(8)13(23)20(4)15(24)19(12)3/h5-6H,1-4H3,(H,16,17,22). The number of carbonyl (C=O) groups is 1. The van der Waals surface area contributed by atoms with Crippen LogP contribution in [0, 0.1) is 6.92 Å². The molecule has 3 heterocycles. The van der Waals surface area contributed by atoms with Gasteiger partial charge in [-0.05, 0) is 6.92 Å². The maximum absolute atomic E-state index is 12.6. The molecule has 0 saturated carbocycles. The fourth-order valence-corrected chi connectivity index (χ4v) is 3.30. The van der Waals surface area contributed by atoms with E-state index in [1.165, 1.54) is 41.6 Å². The number of hydrogen-bond donors (Lipinski definition) is 1. The number of aromatic nitrogens is 4. The van der Waals surface area contributed by atoms with Crippen LogP contribution in [0.4, 0.5) is 5.13 Å². The molecule has 0 aliphatic rings. The molecule has 10 heteroatoms. The summed E-state index contributed by atoms with van der Waals surface area (Å²) in [6, 6.07) is 1.09. The van der Waals surface area contributed by atoms with E-state index in [0.717, 1.165) is 16.3 Å². The lowest BCUT2D eigenvalue weighted by Gasteiger charge is -2.13. The lowest BCUT2D eigenvalue weighted by Crippen LogP contribution is -2.40. The van der Waals surface area contributed by atoms with Crippen LogP contribution in [0.15, 0.2) is 25.8 Å². The van der Waals surface area contributed by atoms with Gasteiger partial charge in [-0.3, -0.25) is 33.4 Å². The average molecular weight is 361 g/mol. The van der Waals surface area contributed by atoms with Gasteiger partial charge in [-0.25, -0.2) is 9.78 Å². The van der Waals surface area contributed by atoms with Crippen molar-refractivity contribution in [3.05, 3.63) is 53.9 Å². The third-order valence-electron chi connectivity index (χ3n) is 3.90. The molecule has 0 radical (unpaired) electrons. The fourth-order valence-electron chi connectivity index (χ4n) is 2.61. The van der Waals surface area contributed by atoms with Crippen molar-refractivity contribution in [3.63, 3.8) is 0 Å². The molecule has 0 unspecified atom stereocenters. The molecule has 130 valence electrons. The minimum absolute atomic E-state index is 0.00234. The monoisotopic (exact) mass is 361 g/mol. The van der Waals surface area contributed by atoms with Crippen LogP contribution in [0.25, 0.3) is 11.0 Å². The van der Waals surface area contributed by atoms with Crippen LogP contribution in [-0.4, -0.2) is 24.6 Å². The van der Waals surface area contributed by atoms with E-state index in [1.807, 2.05) is 0 Å². The highest BCUT2D eigenvalue weighted by atomic mass is 32.1. The van der Waals surface area contributed by atoms with Crippen LogP contribution in [0.5, 0.6) is 0 Å². The van der Waals surface area contributed by atoms with Crippen LogP contribution in [0.1, 0.15) is 16.1 Å². The highest BCUT2D eigenvalue weighted by Gasteiger charge is 2.21. The maximum atomic E-state index is 12.6. The predicted molar refractivity (Wildman–Crippen MR) is 94.5 cm³/mol. The van der Waals surface area contributed by atoms with Crippen molar-refractivity contribution in [2.75, 3.05) is 5.32 Å². The van der Waals surface area contributed by atoms with Crippen LogP contribution in [-0.2, 0) is 21.1 Å². The van der Waals surface area contributed by atoms with E-state index in [-0.39, 0.29) is 16.6 Å². The second kappa shape index (κ2) is 5.81. The Morgan fingerprint density at radius 3 is 2.40 bits per heavy atom. The van der Waals surface area contributed by atoms with E-state index >= 15 is 0 Å². The number of rotatable bonds is 2. The van der Waals surface area contributed by atoms with Gasteiger partial charge in [0.05, 0.1) is 16.6 Å². The third kappa shape index (κ3) is 2.60. The molecule has 3 rings (SSSR count). The van der Waals surface area contributed by atoms with Crippen LogP contribution in [0.3, 0.4) is 0 Å². The smallest absolute Gasteiger partial charge is 0.298 e. The Bertz CT molecular complexity index is 1200. The molecule has 9 nitrogen and oxygen atoms in total. The van der Waals surface area contributed by atoms with Gasteiger partial charge in [0, 0.05) is 32.6 Å². The van der Waals surface area contributed by atoms with Crippen LogP contribution in [0.2, 0.25) is 0 Å². The summed E-state index contributed by atoms with van der Waals surface area (Å²) in [4.78, 5) is 53.7. The van der Waals surface area contributed by atoms with Crippen molar-refractivity contribution < 1.29 is 4.79 Å². The van der Waals surface area contributed by atoms with Crippen molar-refractivity contribution >= 4 is 33.4 Å². The summed E-state index contributed by atoms with van der Waals surface area (Å²) in [6.45, 7) is 1.78. The van der Waals surface area contributed by atoms with Gasteiger partial charge in [0.15, 0.2) is 5.13 Å². The van der Waals surface area contributed by atoms with E-state index in [4.69, 9.17) is 0 Å². The normalized spacial score (nSPS) is 11.0. The maximum Gasteiger partial charge on any atom is 0.332 e. The number of pyridine rings is 1. The van der Waals surface area contributed by atoms with Crippen molar-refractivity contribution in [1.82, 2.24) is 18.7 Å². The summed E-state index contributed by atoms with van der Waals surface area (Å²) < 4.78 is 3.24. The van der Waals surface area contributed by atoms with Crippen molar-refractivity contribution in [2.45, 2.75) is 6.92 Å².